The van der Waals surface area contributed by atoms with Gasteiger partial charge < -0.3 is 5.11 Å². The van der Waals surface area contributed by atoms with Gasteiger partial charge in [0.15, 0.2) is 0 Å². The maximum atomic E-state index is 11.9. The van der Waals surface area contributed by atoms with Gasteiger partial charge in [0.1, 0.15) is 5.60 Å². The molecule has 1 N–H and O–H groups in total. The number of aliphatic hydroxyl groups is 1. The van der Waals surface area contributed by atoms with Gasteiger partial charge in [-0.3, -0.25) is 4.98 Å². The third-order valence-corrected chi connectivity index (χ3v) is 6.52. The molecule has 0 radical (unpaired) electrons. The van der Waals surface area contributed by atoms with Gasteiger partial charge in [0.25, 0.3) is 0 Å². The summed E-state index contributed by atoms with van der Waals surface area (Å²) in [4.78, 5) is 4.60. The van der Waals surface area contributed by atoms with Crippen LogP contribution in [0.4, 0.5) is 0 Å². The molecule has 4 unspecified atom stereocenters. The van der Waals surface area contributed by atoms with E-state index in [1.165, 1.54) is 25.7 Å². The molecule has 2 fully saturated rings. The molecule has 2 nitrogen and oxygen atoms in total. The van der Waals surface area contributed by atoms with Crippen molar-refractivity contribution in [2.45, 2.75) is 70.8 Å². The summed E-state index contributed by atoms with van der Waals surface area (Å²) in [6, 6.07) is 6.04. The molecule has 4 atom stereocenters. The van der Waals surface area contributed by atoms with E-state index < -0.39 is 5.60 Å². The summed E-state index contributed by atoms with van der Waals surface area (Å²) in [6.45, 7) is 4.72. The summed E-state index contributed by atoms with van der Waals surface area (Å²) in [6.07, 6.45) is 11.6. The molecule has 22 heavy (non-hydrogen) atoms. The van der Waals surface area contributed by atoms with Crippen molar-refractivity contribution in [3.8, 4) is 0 Å². The number of aromatic nitrogens is 1. The van der Waals surface area contributed by atoms with Crippen LogP contribution in [-0.2, 0) is 5.60 Å². The zero-order valence-corrected chi connectivity index (χ0v) is 14.2. The lowest BCUT2D eigenvalue weighted by Gasteiger charge is -2.47. The molecule has 0 bridgehead atoms. The number of hydrogen-bond acceptors (Lipinski definition) is 2. The Morgan fingerprint density at radius 2 is 1.73 bits per heavy atom. The Morgan fingerprint density at radius 3 is 2.36 bits per heavy atom. The molecule has 2 aliphatic rings. The quantitative estimate of drug-likeness (QED) is 0.859. The first-order valence-electron chi connectivity index (χ1n) is 9.26. The van der Waals surface area contributed by atoms with Crippen molar-refractivity contribution >= 4 is 0 Å². The number of pyridine rings is 1. The molecule has 1 heterocycles. The Kier molecular flexibility index (Phi) is 4.87. The molecule has 122 valence electrons. The first kappa shape index (κ1) is 16.0. The summed E-state index contributed by atoms with van der Waals surface area (Å²) in [5.41, 5.74) is 0.212. The molecular weight excluding hydrogens is 270 g/mol. The van der Waals surface area contributed by atoms with Crippen LogP contribution in [0.3, 0.4) is 0 Å². The Balaban J connectivity index is 1.92. The Morgan fingerprint density at radius 1 is 0.955 bits per heavy atom. The van der Waals surface area contributed by atoms with Crippen LogP contribution >= 0.6 is 0 Å². The molecule has 2 heteroatoms. The second-order valence-electron chi connectivity index (χ2n) is 7.84. The molecule has 0 spiro atoms. The number of hydrogen-bond donors (Lipinski definition) is 1. The molecule has 0 amide bonds. The van der Waals surface area contributed by atoms with Crippen LogP contribution in [0.5, 0.6) is 0 Å². The van der Waals surface area contributed by atoms with Gasteiger partial charge in [0.05, 0.1) is 5.69 Å². The van der Waals surface area contributed by atoms with E-state index in [-0.39, 0.29) is 0 Å². The highest BCUT2D eigenvalue weighted by atomic mass is 16.3. The molecule has 0 saturated heterocycles. The summed E-state index contributed by atoms with van der Waals surface area (Å²) in [5.74, 6) is 2.26. The van der Waals surface area contributed by atoms with E-state index in [1.807, 2.05) is 18.3 Å². The highest BCUT2D eigenvalue weighted by Crippen LogP contribution is 2.50. The third kappa shape index (κ3) is 2.95. The van der Waals surface area contributed by atoms with Crippen molar-refractivity contribution in [2.75, 3.05) is 0 Å². The van der Waals surface area contributed by atoms with Gasteiger partial charge in [-0.1, -0.05) is 45.6 Å². The largest absolute Gasteiger partial charge is 0.383 e. The lowest BCUT2D eigenvalue weighted by Crippen LogP contribution is -2.46. The van der Waals surface area contributed by atoms with Crippen LogP contribution in [0.25, 0.3) is 0 Å². The fourth-order valence-electron chi connectivity index (χ4n) is 4.84. The molecule has 1 aromatic rings. The smallest absolute Gasteiger partial charge is 0.112 e. The van der Waals surface area contributed by atoms with Crippen molar-refractivity contribution in [1.82, 2.24) is 4.98 Å². The predicted octanol–water partition coefficient (Wildman–Crippen LogP) is 4.92. The average Bonchev–Trinajstić information content (AvgIpc) is 2.58. The van der Waals surface area contributed by atoms with Crippen LogP contribution in [0.2, 0.25) is 0 Å². The van der Waals surface area contributed by atoms with Gasteiger partial charge in [-0.05, 0) is 61.5 Å². The molecule has 2 saturated carbocycles. The van der Waals surface area contributed by atoms with Gasteiger partial charge in [-0.25, -0.2) is 0 Å². The van der Waals surface area contributed by atoms with Crippen molar-refractivity contribution < 1.29 is 5.11 Å². The number of rotatable bonds is 3. The second kappa shape index (κ2) is 6.70. The minimum Gasteiger partial charge on any atom is -0.383 e. The third-order valence-electron chi connectivity index (χ3n) is 6.52. The second-order valence-corrected chi connectivity index (χ2v) is 7.84. The van der Waals surface area contributed by atoms with Crippen molar-refractivity contribution in [2.24, 2.45) is 23.7 Å². The summed E-state index contributed by atoms with van der Waals surface area (Å²) < 4.78 is 0. The van der Waals surface area contributed by atoms with Crippen molar-refractivity contribution in [3.05, 3.63) is 30.1 Å². The van der Waals surface area contributed by atoms with E-state index in [0.717, 1.165) is 37.3 Å². The fraction of sp³-hybridized carbons (Fsp3) is 0.750. The number of nitrogens with zero attached hydrogens (tertiary/aromatic N) is 1. The first-order valence-corrected chi connectivity index (χ1v) is 9.26. The van der Waals surface area contributed by atoms with Gasteiger partial charge >= 0.3 is 0 Å². The first-order chi connectivity index (χ1) is 10.6. The van der Waals surface area contributed by atoms with E-state index in [2.05, 4.69) is 24.9 Å². The minimum atomic E-state index is -0.712. The van der Waals surface area contributed by atoms with E-state index >= 15 is 0 Å². The summed E-state index contributed by atoms with van der Waals surface area (Å²) >= 11 is 0. The SMILES string of the molecule is CC1CCC(C(O)(c2ccccn2)C2CCCCC2)CC1C. The lowest BCUT2D eigenvalue weighted by atomic mass is 9.62. The summed E-state index contributed by atoms with van der Waals surface area (Å²) in [5, 5.41) is 11.9. The van der Waals surface area contributed by atoms with Crippen LogP contribution in [-0.4, -0.2) is 10.1 Å². The highest BCUT2D eigenvalue weighted by Gasteiger charge is 2.48. The van der Waals surface area contributed by atoms with Gasteiger partial charge in [-0.15, -0.1) is 0 Å². The average molecular weight is 301 g/mol. The van der Waals surface area contributed by atoms with E-state index in [4.69, 9.17) is 0 Å². The molecule has 2 aliphatic carbocycles. The van der Waals surface area contributed by atoms with Gasteiger partial charge in [-0.2, -0.15) is 0 Å². The fourth-order valence-corrected chi connectivity index (χ4v) is 4.84. The van der Waals surface area contributed by atoms with Crippen LogP contribution < -0.4 is 0 Å². The van der Waals surface area contributed by atoms with E-state index in [1.54, 1.807) is 0 Å². The maximum absolute atomic E-state index is 11.9. The zero-order valence-electron chi connectivity index (χ0n) is 14.2. The molecule has 0 aromatic carbocycles. The Hall–Kier alpha value is -0.890. The van der Waals surface area contributed by atoms with Crippen LogP contribution in [0.1, 0.15) is 70.9 Å². The topological polar surface area (TPSA) is 33.1 Å². The molecular formula is C20H31NO. The summed E-state index contributed by atoms with van der Waals surface area (Å²) in [7, 11) is 0. The predicted molar refractivity (Wildman–Crippen MR) is 90.4 cm³/mol. The van der Waals surface area contributed by atoms with E-state index in [9.17, 15) is 5.11 Å². The normalized spacial score (nSPS) is 33.3. The monoisotopic (exact) mass is 301 g/mol. The standard InChI is InChI=1S/C20H31NO/c1-15-11-12-18(14-16(15)2)20(22,17-8-4-3-5-9-17)19-10-6-7-13-21-19/h6-7,10,13,15-18,22H,3-5,8-9,11-12,14H2,1-2H3. The Bertz CT molecular complexity index is 468. The van der Waals surface area contributed by atoms with Gasteiger partial charge in [0, 0.05) is 6.20 Å². The van der Waals surface area contributed by atoms with Crippen LogP contribution in [0, 0.1) is 23.7 Å². The van der Waals surface area contributed by atoms with Gasteiger partial charge in [0.2, 0.25) is 0 Å². The Labute approximate surface area is 135 Å². The zero-order chi connectivity index (χ0) is 15.6. The lowest BCUT2D eigenvalue weighted by molar-refractivity contribution is -0.111. The minimum absolute atomic E-state index is 0.372. The molecule has 0 aliphatic heterocycles. The van der Waals surface area contributed by atoms with Crippen LogP contribution in [0.15, 0.2) is 24.4 Å². The van der Waals surface area contributed by atoms with Crippen molar-refractivity contribution in [3.63, 3.8) is 0 Å². The molecule has 1 aromatic heterocycles. The van der Waals surface area contributed by atoms with Crippen molar-refractivity contribution in [1.29, 1.82) is 0 Å². The highest BCUT2D eigenvalue weighted by molar-refractivity contribution is 5.17. The maximum Gasteiger partial charge on any atom is 0.112 e. The van der Waals surface area contributed by atoms with E-state index in [0.29, 0.717) is 17.8 Å². The molecule has 3 rings (SSSR count).